The van der Waals surface area contributed by atoms with E-state index in [1.807, 2.05) is 42.5 Å². The minimum atomic E-state index is 0.0329. The molecule has 1 atom stereocenters. The van der Waals surface area contributed by atoms with Crippen LogP contribution in [0.1, 0.15) is 23.6 Å². The zero-order chi connectivity index (χ0) is 14.4. The van der Waals surface area contributed by atoms with E-state index >= 15 is 0 Å². The summed E-state index contributed by atoms with van der Waals surface area (Å²) >= 11 is 3.38. The number of nitrogens with two attached hydrogens (primary N) is 1. The number of halogens is 1. The van der Waals surface area contributed by atoms with E-state index in [1.165, 1.54) is 0 Å². The monoisotopic (exact) mass is 329 g/mol. The summed E-state index contributed by atoms with van der Waals surface area (Å²) in [5.41, 5.74) is 8.91. The van der Waals surface area contributed by atoms with Gasteiger partial charge in [0.05, 0.1) is 5.56 Å². The van der Waals surface area contributed by atoms with Crippen LogP contribution in [-0.2, 0) is 0 Å². The summed E-state index contributed by atoms with van der Waals surface area (Å²) in [6, 6.07) is 17.8. The molecule has 0 aliphatic carbocycles. The first kappa shape index (κ1) is 14.6. The predicted molar refractivity (Wildman–Crippen MR) is 85.3 cm³/mol. The number of hydrogen-bond acceptors (Lipinski definition) is 3. The standard InChI is InChI=1S/C16H16BrN3/c17-15-10-14(7-6-13(15)11-18)20-9-8-16(19)12-4-2-1-3-5-12/h1-7,10,16,20H,8-9,19H2. The highest BCUT2D eigenvalue weighted by molar-refractivity contribution is 9.10. The molecule has 1 unspecified atom stereocenters. The molecule has 0 aliphatic rings. The van der Waals surface area contributed by atoms with Crippen LogP contribution in [0.15, 0.2) is 53.0 Å². The van der Waals surface area contributed by atoms with Crippen molar-refractivity contribution < 1.29 is 0 Å². The summed E-state index contributed by atoms with van der Waals surface area (Å²) in [5, 5.41) is 12.2. The van der Waals surface area contributed by atoms with E-state index < -0.39 is 0 Å². The maximum absolute atomic E-state index is 8.87. The highest BCUT2D eigenvalue weighted by atomic mass is 79.9. The summed E-state index contributed by atoms with van der Waals surface area (Å²) in [7, 11) is 0. The molecule has 0 bridgehead atoms. The fourth-order valence-electron chi connectivity index (χ4n) is 1.95. The molecule has 0 radical (unpaired) electrons. The number of benzene rings is 2. The van der Waals surface area contributed by atoms with Crippen molar-refractivity contribution in [2.24, 2.45) is 5.73 Å². The summed E-state index contributed by atoms with van der Waals surface area (Å²) < 4.78 is 0.803. The van der Waals surface area contributed by atoms with Crippen molar-refractivity contribution in [3.05, 3.63) is 64.1 Å². The Morgan fingerprint density at radius 3 is 2.60 bits per heavy atom. The Morgan fingerprint density at radius 1 is 1.20 bits per heavy atom. The zero-order valence-electron chi connectivity index (χ0n) is 11.0. The minimum absolute atomic E-state index is 0.0329. The summed E-state index contributed by atoms with van der Waals surface area (Å²) in [4.78, 5) is 0. The van der Waals surface area contributed by atoms with Crippen LogP contribution >= 0.6 is 15.9 Å². The molecule has 0 saturated heterocycles. The molecule has 2 aromatic rings. The van der Waals surface area contributed by atoms with E-state index in [0.717, 1.165) is 28.7 Å². The molecule has 0 saturated carbocycles. The van der Waals surface area contributed by atoms with Gasteiger partial charge in [-0.25, -0.2) is 0 Å². The van der Waals surface area contributed by atoms with Crippen LogP contribution < -0.4 is 11.1 Å². The molecule has 20 heavy (non-hydrogen) atoms. The van der Waals surface area contributed by atoms with Crippen LogP contribution in [0.2, 0.25) is 0 Å². The second-order valence-corrected chi connectivity index (χ2v) is 5.39. The van der Waals surface area contributed by atoms with Crippen molar-refractivity contribution in [3.8, 4) is 6.07 Å². The van der Waals surface area contributed by atoms with Crippen molar-refractivity contribution in [1.82, 2.24) is 0 Å². The van der Waals surface area contributed by atoms with E-state index in [9.17, 15) is 0 Å². The lowest BCUT2D eigenvalue weighted by Gasteiger charge is -2.13. The smallest absolute Gasteiger partial charge is 0.100 e. The predicted octanol–water partition coefficient (Wildman–Crippen LogP) is 3.82. The molecule has 0 aliphatic heterocycles. The largest absolute Gasteiger partial charge is 0.385 e. The van der Waals surface area contributed by atoms with Crippen molar-refractivity contribution in [2.75, 3.05) is 11.9 Å². The van der Waals surface area contributed by atoms with Gasteiger partial charge in [-0.05, 0) is 46.1 Å². The van der Waals surface area contributed by atoms with Crippen molar-refractivity contribution in [1.29, 1.82) is 5.26 Å². The zero-order valence-corrected chi connectivity index (χ0v) is 12.6. The lowest BCUT2D eigenvalue weighted by molar-refractivity contribution is 0.675. The third-order valence-electron chi connectivity index (χ3n) is 3.10. The Labute approximate surface area is 127 Å². The third-order valence-corrected chi connectivity index (χ3v) is 3.76. The van der Waals surface area contributed by atoms with Gasteiger partial charge in [-0.1, -0.05) is 30.3 Å². The molecule has 102 valence electrons. The Balaban J connectivity index is 1.87. The number of hydrogen-bond donors (Lipinski definition) is 2. The highest BCUT2D eigenvalue weighted by Crippen LogP contribution is 2.21. The molecule has 0 spiro atoms. The molecule has 3 N–H and O–H groups in total. The number of anilines is 1. The molecular weight excluding hydrogens is 314 g/mol. The topological polar surface area (TPSA) is 61.8 Å². The average Bonchev–Trinajstić information content (AvgIpc) is 2.48. The Hall–Kier alpha value is -1.83. The van der Waals surface area contributed by atoms with Gasteiger partial charge in [-0.2, -0.15) is 5.26 Å². The first-order valence-corrected chi connectivity index (χ1v) is 7.24. The quantitative estimate of drug-likeness (QED) is 0.876. The van der Waals surface area contributed by atoms with Crippen LogP contribution in [0.25, 0.3) is 0 Å². The van der Waals surface area contributed by atoms with Gasteiger partial charge in [0.2, 0.25) is 0 Å². The summed E-state index contributed by atoms with van der Waals surface area (Å²) in [6.07, 6.45) is 0.849. The average molecular weight is 330 g/mol. The maximum Gasteiger partial charge on any atom is 0.100 e. The number of nitrogens with one attached hydrogen (secondary N) is 1. The first-order chi connectivity index (χ1) is 9.70. The van der Waals surface area contributed by atoms with Gasteiger partial charge >= 0.3 is 0 Å². The molecule has 3 nitrogen and oxygen atoms in total. The number of nitrogens with zero attached hydrogens (tertiary/aromatic N) is 1. The van der Waals surface area contributed by atoms with Crippen molar-refractivity contribution in [3.63, 3.8) is 0 Å². The lowest BCUT2D eigenvalue weighted by atomic mass is 10.1. The second kappa shape index (κ2) is 7.09. The molecule has 2 rings (SSSR count). The molecule has 4 heteroatoms. The number of nitriles is 1. The van der Waals surface area contributed by atoms with Crippen molar-refractivity contribution in [2.45, 2.75) is 12.5 Å². The Morgan fingerprint density at radius 2 is 1.95 bits per heavy atom. The molecule has 0 aromatic heterocycles. The molecule has 0 heterocycles. The van der Waals surface area contributed by atoms with Crippen LogP contribution in [-0.4, -0.2) is 6.54 Å². The molecule has 0 amide bonds. The molecule has 2 aromatic carbocycles. The fourth-order valence-corrected chi connectivity index (χ4v) is 2.42. The SMILES string of the molecule is N#Cc1ccc(NCCC(N)c2ccccc2)cc1Br. The van der Waals surface area contributed by atoms with Gasteiger partial charge < -0.3 is 11.1 Å². The van der Waals surface area contributed by atoms with Gasteiger partial charge in [0, 0.05) is 22.7 Å². The van der Waals surface area contributed by atoms with Crippen LogP contribution in [0.3, 0.4) is 0 Å². The van der Waals surface area contributed by atoms with Crippen LogP contribution in [0.5, 0.6) is 0 Å². The van der Waals surface area contributed by atoms with Gasteiger partial charge in [-0.15, -0.1) is 0 Å². The highest BCUT2D eigenvalue weighted by Gasteiger charge is 2.05. The second-order valence-electron chi connectivity index (χ2n) is 4.54. The molecular formula is C16H16BrN3. The van der Waals surface area contributed by atoms with Gasteiger partial charge in [0.15, 0.2) is 0 Å². The molecule has 0 fully saturated rings. The minimum Gasteiger partial charge on any atom is -0.385 e. The van der Waals surface area contributed by atoms with Gasteiger partial charge in [-0.3, -0.25) is 0 Å². The summed E-state index contributed by atoms with van der Waals surface area (Å²) in [6.45, 7) is 0.786. The fraction of sp³-hybridized carbons (Fsp3) is 0.188. The summed E-state index contributed by atoms with van der Waals surface area (Å²) in [5.74, 6) is 0. The normalized spacial score (nSPS) is 11.7. The third kappa shape index (κ3) is 3.83. The van der Waals surface area contributed by atoms with Crippen LogP contribution in [0.4, 0.5) is 5.69 Å². The van der Waals surface area contributed by atoms with E-state index in [4.69, 9.17) is 11.0 Å². The Kier molecular flexibility index (Phi) is 5.16. The van der Waals surface area contributed by atoms with Gasteiger partial charge in [0.1, 0.15) is 6.07 Å². The van der Waals surface area contributed by atoms with E-state index in [-0.39, 0.29) is 6.04 Å². The lowest BCUT2D eigenvalue weighted by Crippen LogP contribution is -2.15. The van der Waals surface area contributed by atoms with Gasteiger partial charge in [0.25, 0.3) is 0 Å². The van der Waals surface area contributed by atoms with Crippen LogP contribution in [0, 0.1) is 11.3 Å². The van der Waals surface area contributed by atoms with E-state index in [2.05, 4.69) is 27.3 Å². The first-order valence-electron chi connectivity index (χ1n) is 6.45. The van der Waals surface area contributed by atoms with E-state index in [0.29, 0.717) is 5.56 Å². The number of rotatable bonds is 5. The Bertz CT molecular complexity index is 605. The van der Waals surface area contributed by atoms with E-state index in [1.54, 1.807) is 6.07 Å². The maximum atomic E-state index is 8.87. The van der Waals surface area contributed by atoms with Crippen molar-refractivity contribution >= 4 is 21.6 Å².